The Morgan fingerprint density at radius 2 is 1.88 bits per heavy atom. The first kappa shape index (κ1) is 11.0. The number of nitrogens with two attached hydrogens (primary N) is 1. The maximum absolute atomic E-state index is 5.71. The van der Waals surface area contributed by atoms with E-state index in [-0.39, 0.29) is 0 Å². The summed E-state index contributed by atoms with van der Waals surface area (Å²) in [6.45, 7) is 0.783. The molecule has 3 heteroatoms. The van der Waals surface area contributed by atoms with Crippen molar-refractivity contribution in [1.29, 1.82) is 0 Å². The minimum absolute atomic E-state index is 0.775. The lowest BCUT2D eigenvalue weighted by molar-refractivity contribution is 1.14. The lowest BCUT2D eigenvalue weighted by atomic mass is 10.2. The summed E-state index contributed by atoms with van der Waals surface area (Å²) < 4.78 is 1.12. The van der Waals surface area contributed by atoms with Crippen LogP contribution in [0.25, 0.3) is 0 Å². The van der Waals surface area contributed by atoms with E-state index in [1.54, 1.807) is 0 Å². The maximum atomic E-state index is 5.71. The number of hydrogen-bond donors (Lipinski definition) is 2. The van der Waals surface area contributed by atoms with E-state index in [1.165, 1.54) is 5.56 Å². The Kier molecular flexibility index (Phi) is 3.47. The van der Waals surface area contributed by atoms with Crippen molar-refractivity contribution in [2.24, 2.45) is 0 Å². The molecule has 0 heterocycles. The molecule has 0 aliphatic heterocycles. The van der Waals surface area contributed by atoms with E-state index >= 15 is 0 Å². The van der Waals surface area contributed by atoms with Crippen molar-refractivity contribution in [2.75, 3.05) is 11.1 Å². The third kappa shape index (κ3) is 2.76. The van der Waals surface area contributed by atoms with E-state index in [0.29, 0.717) is 0 Å². The van der Waals surface area contributed by atoms with Gasteiger partial charge in [0.05, 0.1) is 0 Å². The minimum Gasteiger partial charge on any atom is -0.399 e. The third-order valence-electron chi connectivity index (χ3n) is 2.33. The van der Waals surface area contributed by atoms with E-state index in [1.807, 2.05) is 42.5 Å². The van der Waals surface area contributed by atoms with Gasteiger partial charge < -0.3 is 11.1 Å². The topological polar surface area (TPSA) is 38.0 Å². The van der Waals surface area contributed by atoms with Gasteiger partial charge in [-0.25, -0.2) is 0 Å². The highest BCUT2D eigenvalue weighted by atomic mass is 79.9. The molecule has 0 fully saturated rings. The first-order valence-electron chi connectivity index (χ1n) is 5.08. The van der Waals surface area contributed by atoms with Crippen molar-refractivity contribution >= 4 is 27.3 Å². The predicted octanol–water partition coefficient (Wildman–Crippen LogP) is 3.64. The first-order valence-corrected chi connectivity index (χ1v) is 5.88. The monoisotopic (exact) mass is 276 g/mol. The normalized spacial score (nSPS) is 10.1. The van der Waals surface area contributed by atoms with Gasteiger partial charge >= 0.3 is 0 Å². The summed E-state index contributed by atoms with van der Waals surface area (Å²) >= 11 is 3.52. The van der Waals surface area contributed by atoms with Crippen LogP contribution >= 0.6 is 15.9 Å². The number of hydrogen-bond acceptors (Lipinski definition) is 2. The third-order valence-corrected chi connectivity index (χ3v) is 3.10. The number of halogens is 1. The number of nitrogens with one attached hydrogen (secondary N) is 1. The number of benzene rings is 2. The fourth-order valence-electron chi connectivity index (χ4n) is 1.49. The summed E-state index contributed by atoms with van der Waals surface area (Å²) in [4.78, 5) is 0. The van der Waals surface area contributed by atoms with Crippen molar-refractivity contribution in [3.63, 3.8) is 0 Å². The van der Waals surface area contributed by atoms with E-state index in [4.69, 9.17) is 5.73 Å². The molecule has 0 atom stereocenters. The highest BCUT2D eigenvalue weighted by Gasteiger charge is 1.98. The Labute approximate surface area is 104 Å². The molecule has 0 aliphatic carbocycles. The zero-order valence-corrected chi connectivity index (χ0v) is 10.4. The molecular formula is C13H13BrN2. The number of anilines is 2. The van der Waals surface area contributed by atoms with Crippen LogP contribution in [0.4, 0.5) is 11.4 Å². The molecule has 0 bridgehead atoms. The highest BCUT2D eigenvalue weighted by molar-refractivity contribution is 9.10. The summed E-state index contributed by atoms with van der Waals surface area (Å²) in [6.07, 6.45) is 0. The van der Waals surface area contributed by atoms with Gasteiger partial charge in [0.1, 0.15) is 0 Å². The molecule has 0 aliphatic rings. The van der Waals surface area contributed by atoms with Gasteiger partial charge in [-0.3, -0.25) is 0 Å². The van der Waals surface area contributed by atoms with Crippen molar-refractivity contribution in [3.8, 4) is 0 Å². The van der Waals surface area contributed by atoms with Crippen molar-refractivity contribution < 1.29 is 0 Å². The summed E-state index contributed by atoms with van der Waals surface area (Å²) in [7, 11) is 0. The van der Waals surface area contributed by atoms with E-state index in [0.717, 1.165) is 22.4 Å². The lowest BCUT2D eigenvalue weighted by Crippen LogP contribution is -2.00. The van der Waals surface area contributed by atoms with E-state index in [2.05, 4.69) is 27.3 Å². The molecule has 0 spiro atoms. The molecule has 0 unspecified atom stereocenters. The van der Waals surface area contributed by atoms with Crippen molar-refractivity contribution in [2.45, 2.75) is 6.54 Å². The van der Waals surface area contributed by atoms with Crippen LogP contribution in [-0.2, 0) is 6.54 Å². The average Bonchev–Trinajstić information content (AvgIpc) is 2.28. The molecule has 0 aromatic heterocycles. The molecule has 16 heavy (non-hydrogen) atoms. The van der Waals surface area contributed by atoms with Crippen molar-refractivity contribution in [3.05, 3.63) is 58.6 Å². The summed E-state index contributed by atoms with van der Waals surface area (Å²) in [5.74, 6) is 0. The highest BCUT2D eigenvalue weighted by Crippen LogP contribution is 2.18. The Morgan fingerprint density at radius 3 is 2.62 bits per heavy atom. The molecule has 82 valence electrons. The van der Waals surface area contributed by atoms with Crippen LogP contribution in [0.1, 0.15) is 5.56 Å². The Balaban J connectivity index is 2.05. The van der Waals surface area contributed by atoms with Crippen LogP contribution in [0, 0.1) is 0 Å². The fourth-order valence-corrected chi connectivity index (χ4v) is 1.91. The summed E-state index contributed by atoms with van der Waals surface area (Å²) in [6, 6.07) is 15.9. The molecular weight excluding hydrogens is 264 g/mol. The van der Waals surface area contributed by atoms with Gasteiger partial charge in [-0.2, -0.15) is 0 Å². The standard InChI is InChI=1S/C13H13BrN2/c14-13-7-2-1-4-10(13)9-16-12-6-3-5-11(15)8-12/h1-8,16H,9,15H2. The Morgan fingerprint density at radius 1 is 1.06 bits per heavy atom. The molecule has 2 rings (SSSR count). The lowest BCUT2D eigenvalue weighted by Gasteiger charge is -2.08. The zero-order valence-electron chi connectivity index (χ0n) is 8.78. The van der Waals surface area contributed by atoms with Crippen molar-refractivity contribution in [1.82, 2.24) is 0 Å². The van der Waals surface area contributed by atoms with Crippen LogP contribution in [0.3, 0.4) is 0 Å². The zero-order chi connectivity index (χ0) is 11.4. The molecule has 2 nitrogen and oxygen atoms in total. The van der Waals surface area contributed by atoms with Gasteiger partial charge in [-0.1, -0.05) is 40.2 Å². The van der Waals surface area contributed by atoms with Gasteiger partial charge in [0.2, 0.25) is 0 Å². The van der Waals surface area contributed by atoms with Gasteiger partial charge in [0.25, 0.3) is 0 Å². The second-order valence-corrected chi connectivity index (χ2v) is 4.42. The summed E-state index contributed by atoms with van der Waals surface area (Å²) in [5, 5.41) is 3.33. The Bertz CT molecular complexity index is 483. The smallest absolute Gasteiger partial charge is 0.0411 e. The molecule has 0 saturated carbocycles. The van der Waals surface area contributed by atoms with Gasteiger partial charge in [0, 0.05) is 22.4 Å². The average molecular weight is 277 g/mol. The number of rotatable bonds is 3. The number of nitrogen functional groups attached to an aromatic ring is 1. The summed E-state index contributed by atoms with van der Waals surface area (Å²) in [5.41, 5.74) is 8.75. The molecule has 2 aromatic carbocycles. The quantitative estimate of drug-likeness (QED) is 0.840. The van der Waals surface area contributed by atoms with Gasteiger partial charge in [-0.15, -0.1) is 0 Å². The maximum Gasteiger partial charge on any atom is 0.0411 e. The fraction of sp³-hybridized carbons (Fsp3) is 0.0769. The second kappa shape index (κ2) is 5.03. The van der Waals surface area contributed by atoms with Crippen LogP contribution in [-0.4, -0.2) is 0 Å². The van der Waals surface area contributed by atoms with Crippen LogP contribution < -0.4 is 11.1 Å². The van der Waals surface area contributed by atoms with Crippen LogP contribution in [0.5, 0.6) is 0 Å². The molecule has 0 amide bonds. The minimum atomic E-state index is 0.775. The van der Waals surface area contributed by atoms with Gasteiger partial charge in [-0.05, 0) is 29.8 Å². The van der Waals surface area contributed by atoms with E-state index in [9.17, 15) is 0 Å². The molecule has 3 N–H and O–H groups in total. The largest absolute Gasteiger partial charge is 0.399 e. The first-order chi connectivity index (χ1) is 7.75. The predicted molar refractivity (Wildman–Crippen MR) is 72.3 cm³/mol. The molecule has 0 radical (unpaired) electrons. The van der Waals surface area contributed by atoms with Gasteiger partial charge in [0.15, 0.2) is 0 Å². The second-order valence-electron chi connectivity index (χ2n) is 3.57. The van der Waals surface area contributed by atoms with Crippen LogP contribution in [0.15, 0.2) is 53.0 Å². The Hall–Kier alpha value is -1.48. The van der Waals surface area contributed by atoms with E-state index < -0.39 is 0 Å². The van der Waals surface area contributed by atoms with Crippen LogP contribution in [0.2, 0.25) is 0 Å². The molecule has 2 aromatic rings. The SMILES string of the molecule is Nc1cccc(NCc2ccccc2Br)c1. The molecule has 0 saturated heterocycles.